The highest BCUT2D eigenvalue weighted by molar-refractivity contribution is 8.04. The molecule has 0 spiro atoms. The number of fused-ring (bicyclic) bond motifs is 1. The Morgan fingerprint density at radius 3 is 2.41 bits per heavy atom. The highest BCUT2D eigenvalue weighted by Crippen LogP contribution is 2.63. The van der Waals surface area contributed by atoms with Gasteiger partial charge < -0.3 is 9.88 Å². The lowest BCUT2D eigenvalue weighted by molar-refractivity contribution is 0.327. The van der Waals surface area contributed by atoms with Gasteiger partial charge in [-0.05, 0) is 52.7 Å². The maximum absolute atomic E-state index is 3.56. The van der Waals surface area contributed by atoms with Crippen LogP contribution in [-0.2, 0) is 0 Å². The first-order valence-corrected chi connectivity index (χ1v) is 14.7. The molecule has 4 unspecified atom stereocenters. The third-order valence-electron chi connectivity index (χ3n) is 7.49. The molecule has 1 saturated carbocycles. The smallest absolute Gasteiger partial charge is 0.126 e. The molecule has 148 valence electrons. The zero-order valence-corrected chi connectivity index (χ0v) is 19.5. The number of hydrogen-bond donors (Lipinski definition) is 1. The maximum atomic E-state index is 3.56. The van der Waals surface area contributed by atoms with Crippen molar-refractivity contribution in [3.8, 4) is 0 Å². The molecule has 0 aromatic heterocycles. The van der Waals surface area contributed by atoms with Crippen LogP contribution in [0, 0.1) is 17.8 Å². The molecule has 3 aliphatic rings. The van der Waals surface area contributed by atoms with Gasteiger partial charge in [0.1, 0.15) is 8.24 Å². The van der Waals surface area contributed by atoms with E-state index < -0.39 is 8.24 Å². The number of rotatable bonds is 4. The van der Waals surface area contributed by atoms with Crippen molar-refractivity contribution in [3.05, 3.63) is 40.8 Å². The quantitative estimate of drug-likeness (QED) is 0.690. The van der Waals surface area contributed by atoms with Crippen LogP contribution in [0.4, 0.5) is 0 Å². The zero-order chi connectivity index (χ0) is 19.2. The summed E-state index contributed by atoms with van der Waals surface area (Å²) in [4.78, 5) is 1.59. The third kappa shape index (κ3) is 3.48. The van der Waals surface area contributed by atoms with E-state index in [-0.39, 0.29) is 0 Å². The predicted octanol–water partition coefficient (Wildman–Crippen LogP) is 5.31. The Kier molecular flexibility index (Phi) is 5.63. The number of nitrogens with one attached hydrogen (secondary N) is 1. The largest absolute Gasteiger partial charge is 0.321 e. The second kappa shape index (κ2) is 7.70. The number of thioether (sulfide) groups is 1. The van der Waals surface area contributed by atoms with Gasteiger partial charge in [-0.25, -0.2) is 0 Å². The van der Waals surface area contributed by atoms with Gasteiger partial charge in [0.2, 0.25) is 0 Å². The van der Waals surface area contributed by atoms with Gasteiger partial charge in [0, 0.05) is 31.4 Å². The zero-order valence-electron chi connectivity index (χ0n) is 17.7. The van der Waals surface area contributed by atoms with Crippen LogP contribution in [0.5, 0.6) is 0 Å². The van der Waals surface area contributed by atoms with Gasteiger partial charge in [0.15, 0.2) is 0 Å². The van der Waals surface area contributed by atoms with E-state index in [1.54, 1.807) is 10.5 Å². The summed E-state index contributed by atoms with van der Waals surface area (Å²) in [5.41, 5.74) is 4.03. The minimum atomic E-state index is -1.50. The Balaban J connectivity index is 1.67. The molecule has 1 aliphatic carbocycles. The van der Waals surface area contributed by atoms with E-state index in [0.29, 0.717) is 0 Å². The van der Waals surface area contributed by atoms with E-state index in [4.69, 9.17) is 0 Å². The Hall–Kier alpha value is -0.553. The van der Waals surface area contributed by atoms with E-state index in [1.807, 2.05) is 0 Å². The lowest BCUT2D eigenvalue weighted by Gasteiger charge is -2.47. The molecule has 0 radical (unpaired) electrons. The number of benzene rings is 1. The monoisotopic (exact) mass is 400 g/mol. The highest BCUT2D eigenvalue weighted by Gasteiger charge is 2.56. The molecular weight excluding hydrogens is 364 g/mol. The lowest BCUT2D eigenvalue weighted by Crippen LogP contribution is -2.60. The maximum Gasteiger partial charge on any atom is 0.126 e. The van der Waals surface area contributed by atoms with Crippen molar-refractivity contribution in [2.24, 2.45) is 17.8 Å². The van der Waals surface area contributed by atoms with Crippen LogP contribution in [0.25, 0.3) is 5.57 Å². The molecule has 0 amide bonds. The molecule has 1 N–H and O–H groups in total. The van der Waals surface area contributed by atoms with Gasteiger partial charge in [-0.2, -0.15) is 0 Å². The molecule has 2 heterocycles. The Bertz CT molecular complexity index is 694. The van der Waals surface area contributed by atoms with Crippen LogP contribution < -0.4 is 5.32 Å². The first-order chi connectivity index (χ1) is 12.9. The van der Waals surface area contributed by atoms with Crippen LogP contribution in [0.15, 0.2) is 35.2 Å². The fraction of sp³-hybridized carbons (Fsp3) is 0.652. The van der Waals surface area contributed by atoms with Gasteiger partial charge in [-0.1, -0.05) is 57.3 Å². The van der Waals surface area contributed by atoms with Crippen molar-refractivity contribution in [1.82, 2.24) is 9.88 Å². The molecule has 1 aromatic carbocycles. The Morgan fingerprint density at radius 1 is 1.11 bits per heavy atom. The van der Waals surface area contributed by atoms with Crippen molar-refractivity contribution in [2.45, 2.75) is 51.1 Å². The summed E-state index contributed by atoms with van der Waals surface area (Å²) < 4.78 is 2.92. The molecule has 2 aliphatic heterocycles. The molecule has 4 atom stereocenters. The van der Waals surface area contributed by atoms with Crippen molar-refractivity contribution in [1.29, 1.82) is 0 Å². The fourth-order valence-corrected chi connectivity index (χ4v) is 13.3. The van der Waals surface area contributed by atoms with Gasteiger partial charge in [0.25, 0.3) is 0 Å². The van der Waals surface area contributed by atoms with Crippen LogP contribution in [-0.4, -0.2) is 44.2 Å². The molecule has 2 fully saturated rings. The van der Waals surface area contributed by atoms with Crippen LogP contribution in [0.2, 0.25) is 18.6 Å². The van der Waals surface area contributed by atoms with Crippen molar-refractivity contribution >= 4 is 25.6 Å². The van der Waals surface area contributed by atoms with Gasteiger partial charge in [-0.3, -0.25) is 0 Å². The molecule has 4 heteroatoms. The van der Waals surface area contributed by atoms with Crippen molar-refractivity contribution in [2.75, 3.05) is 26.2 Å². The van der Waals surface area contributed by atoms with E-state index in [0.717, 1.165) is 28.5 Å². The van der Waals surface area contributed by atoms with Gasteiger partial charge in [-0.15, -0.1) is 11.8 Å². The summed E-state index contributed by atoms with van der Waals surface area (Å²) in [5, 5.41) is 4.36. The first kappa shape index (κ1) is 19.7. The average molecular weight is 401 g/mol. The van der Waals surface area contributed by atoms with Gasteiger partial charge in [0.05, 0.1) is 0 Å². The molecule has 0 bridgehead atoms. The summed E-state index contributed by atoms with van der Waals surface area (Å²) in [6, 6.07) is 11.2. The fourth-order valence-electron chi connectivity index (χ4n) is 6.13. The molecule has 27 heavy (non-hydrogen) atoms. The summed E-state index contributed by atoms with van der Waals surface area (Å²) in [7, 11) is -1.50. The Labute approximate surface area is 171 Å². The van der Waals surface area contributed by atoms with Crippen LogP contribution in [0.3, 0.4) is 0 Å². The topological polar surface area (TPSA) is 15.3 Å². The van der Waals surface area contributed by atoms with E-state index in [1.165, 1.54) is 38.2 Å². The molecule has 2 nitrogen and oxygen atoms in total. The van der Waals surface area contributed by atoms with Crippen molar-refractivity contribution < 1.29 is 0 Å². The summed E-state index contributed by atoms with van der Waals surface area (Å²) in [6.45, 7) is 17.5. The second-order valence-electron chi connectivity index (χ2n) is 9.58. The van der Waals surface area contributed by atoms with E-state index >= 15 is 0 Å². The third-order valence-corrected chi connectivity index (χ3v) is 13.7. The molecule has 1 saturated heterocycles. The minimum Gasteiger partial charge on any atom is -0.321 e. The number of allylic oxidation sites excluding steroid dienone is 2. The van der Waals surface area contributed by atoms with Gasteiger partial charge >= 0.3 is 0 Å². The number of hydrogen-bond acceptors (Lipinski definition) is 3. The number of nitrogens with zero attached hydrogens (tertiary/aromatic N) is 1. The normalized spacial score (nSPS) is 32.4. The van der Waals surface area contributed by atoms with E-state index in [9.17, 15) is 0 Å². The first-order valence-electron chi connectivity index (χ1n) is 10.8. The lowest BCUT2D eigenvalue weighted by atomic mass is 9.88. The Morgan fingerprint density at radius 2 is 1.78 bits per heavy atom. The highest BCUT2D eigenvalue weighted by atomic mass is 32.2. The summed E-state index contributed by atoms with van der Waals surface area (Å²) >= 11 is 2.23. The van der Waals surface area contributed by atoms with Crippen LogP contribution >= 0.6 is 11.8 Å². The average Bonchev–Trinajstić information content (AvgIpc) is 3.18. The van der Waals surface area contributed by atoms with Crippen LogP contribution in [0.1, 0.15) is 32.8 Å². The summed E-state index contributed by atoms with van der Waals surface area (Å²) in [6.07, 6.45) is 1.39. The molecule has 1 aromatic rings. The molecular formula is C23H36N2SSi. The number of piperazine rings is 1. The second-order valence-corrected chi connectivity index (χ2v) is 15.6. The summed E-state index contributed by atoms with van der Waals surface area (Å²) in [5.74, 6) is 2.41. The van der Waals surface area contributed by atoms with E-state index in [2.05, 4.69) is 85.8 Å². The van der Waals surface area contributed by atoms with Crippen molar-refractivity contribution in [3.63, 3.8) is 0 Å². The minimum absolute atomic E-state index is 0.754. The standard InChI is InChI=1S/C23H36N2SSi/c1-16(2)19-15-20-21(18-9-7-6-8-10-18)17(3)26-22(20)23(19)27(4,5)25-13-11-24-12-14-25/h6-10,16,19-20,22-24H,11-15H2,1-5H3. The molecule has 4 rings (SSSR count). The predicted molar refractivity (Wildman–Crippen MR) is 123 cm³/mol. The SMILES string of the molecule is CC1=C(c2ccccc2)C2CC(C(C)C)C([Si](C)(C)N3CCNCC3)C2S1.